The first-order chi connectivity index (χ1) is 8.49. The van der Waals surface area contributed by atoms with Crippen LogP contribution in [0.1, 0.15) is 18.9 Å². The Morgan fingerprint density at radius 2 is 2.33 bits per heavy atom. The molecule has 1 saturated heterocycles. The zero-order chi connectivity index (χ0) is 13.3. The lowest BCUT2D eigenvalue weighted by Crippen LogP contribution is -2.26. The summed E-state index contributed by atoms with van der Waals surface area (Å²) in [6.07, 6.45) is 2.11. The molecule has 4 nitrogen and oxygen atoms in total. The number of carbonyl (C=O) groups is 2. The summed E-state index contributed by atoms with van der Waals surface area (Å²) >= 11 is 4.62. The van der Waals surface area contributed by atoms with Crippen molar-refractivity contribution in [2.75, 3.05) is 11.4 Å². The van der Waals surface area contributed by atoms with Gasteiger partial charge >= 0.3 is 0 Å². The molecule has 0 spiro atoms. The van der Waals surface area contributed by atoms with Crippen LogP contribution in [0.15, 0.2) is 16.9 Å². The van der Waals surface area contributed by atoms with Gasteiger partial charge in [0.05, 0.1) is 5.69 Å². The first-order valence-corrected chi connectivity index (χ1v) is 7.25. The molecule has 0 aliphatic carbocycles. The van der Waals surface area contributed by atoms with Crippen LogP contribution in [0.2, 0.25) is 0 Å². The minimum atomic E-state index is 0.0431. The Morgan fingerprint density at radius 1 is 1.61 bits per heavy atom. The smallest absolute Gasteiger partial charge is 0.228 e. The Morgan fingerprint density at radius 3 is 2.94 bits per heavy atom. The maximum absolute atomic E-state index is 12.0. The lowest BCUT2D eigenvalue weighted by molar-refractivity contribution is -0.117. The van der Waals surface area contributed by atoms with Crippen molar-refractivity contribution in [1.29, 1.82) is 0 Å². The van der Waals surface area contributed by atoms with Gasteiger partial charge in [0.2, 0.25) is 5.91 Å². The third-order valence-corrected chi connectivity index (χ3v) is 4.33. The number of hydrogen-bond donors (Lipinski definition) is 0. The summed E-state index contributed by atoms with van der Waals surface area (Å²) < 4.78 is 0.671. The van der Waals surface area contributed by atoms with Gasteiger partial charge < -0.3 is 4.90 Å². The van der Waals surface area contributed by atoms with Crippen LogP contribution in [0.3, 0.4) is 0 Å². The highest BCUT2D eigenvalue weighted by atomic mass is 79.9. The van der Waals surface area contributed by atoms with Gasteiger partial charge in [0, 0.05) is 31.3 Å². The summed E-state index contributed by atoms with van der Waals surface area (Å²) in [5.74, 6) is 0.0468. The van der Waals surface area contributed by atoms with Gasteiger partial charge in [-0.1, -0.05) is 11.8 Å². The van der Waals surface area contributed by atoms with Crippen LogP contribution in [0, 0.1) is 6.92 Å². The van der Waals surface area contributed by atoms with Crippen LogP contribution in [0.25, 0.3) is 0 Å². The van der Waals surface area contributed by atoms with E-state index in [-0.39, 0.29) is 16.3 Å². The Hall–Kier alpha value is -0.880. The predicted molar refractivity (Wildman–Crippen MR) is 75.7 cm³/mol. The predicted octanol–water partition coefficient (Wildman–Crippen LogP) is 2.54. The Labute approximate surface area is 118 Å². The van der Waals surface area contributed by atoms with Crippen molar-refractivity contribution in [1.82, 2.24) is 4.98 Å². The number of thioether (sulfide) groups is 1. The number of anilines is 1. The molecule has 1 aliphatic rings. The number of nitrogens with zero attached hydrogens (tertiary/aromatic N) is 2. The Bertz CT molecular complexity index is 487. The molecule has 1 fully saturated rings. The number of pyridine rings is 1. The number of halogens is 1. The molecule has 2 rings (SSSR count). The zero-order valence-corrected chi connectivity index (χ0v) is 12.5. The Balaban J connectivity index is 2.24. The van der Waals surface area contributed by atoms with E-state index in [0.29, 0.717) is 17.6 Å². The fraction of sp³-hybridized carbons (Fsp3) is 0.417. The van der Waals surface area contributed by atoms with E-state index >= 15 is 0 Å². The van der Waals surface area contributed by atoms with Crippen molar-refractivity contribution in [3.63, 3.8) is 0 Å². The average molecular weight is 329 g/mol. The molecule has 6 heteroatoms. The first-order valence-electron chi connectivity index (χ1n) is 5.57. The highest BCUT2D eigenvalue weighted by Crippen LogP contribution is 2.34. The van der Waals surface area contributed by atoms with Crippen LogP contribution < -0.4 is 4.90 Å². The van der Waals surface area contributed by atoms with Crippen molar-refractivity contribution >= 4 is 44.4 Å². The third kappa shape index (κ3) is 2.75. The summed E-state index contributed by atoms with van der Waals surface area (Å²) in [6.45, 7) is 4.04. The fourth-order valence-corrected chi connectivity index (χ4v) is 3.61. The minimum Gasteiger partial charge on any atom is -0.308 e. The molecule has 96 valence electrons. The van der Waals surface area contributed by atoms with Crippen LogP contribution in [-0.2, 0) is 9.59 Å². The van der Waals surface area contributed by atoms with Gasteiger partial charge in [-0.3, -0.25) is 9.59 Å². The summed E-state index contributed by atoms with van der Waals surface area (Å²) in [6, 6.07) is 1.87. The van der Waals surface area contributed by atoms with Gasteiger partial charge in [0.25, 0.3) is 0 Å². The van der Waals surface area contributed by atoms with Gasteiger partial charge in [0.15, 0.2) is 5.12 Å². The van der Waals surface area contributed by atoms with Gasteiger partial charge in [-0.2, -0.15) is 0 Å². The molecule has 1 atom stereocenters. The molecule has 1 aromatic rings. The van der Waals surface area contributed by atoms with E-state index in [1.54, 1.807) is 11.1 Å². The molecule has 18 heavy (non-hydrogen) atoms. The minimum absolute atomic E-state index is 0.0431. The van der Waals surface area contributed by atoms with Crippen LogP contribution in [-0.4, -0.2) is 27.8 Å². The summed E-state index contributed by atoms with van der Waals surface area (Å²) in [4.78, 5) is 29.0. The maximum Gasteiger partial charge on any atom is 0.228 e. The van der Waals surface area contributed by atoms with E-state index in [1.807, 2.05) is 13.0 Å². The lowest BCUT2D eigenvalue weighted by atomic mass is 10.2. The molecule has 2 heterocycles. The summed E-state index contributed by atoms with van der Waals surface area (Å²) in [5, 5.41) is 0.0955. The number of rotatable bonds is 2. The standard InChI is InChI=1S/C12H13BrN2O2S/c1-7-3-4-14-12(13)11(7)15-6-9(5-10(15)17)18-8(2)16/h3-4,9H,5-6H2,1-2H3. The molecular formula is C12H13BrN2O2S. The fourth-order valence-electron chi connectivity index (χ4n) is 2.05. The summed E-state index contributed by atoms with van der Waals surface area (Å²) in [7, 11) is 0. The molecule has 0 saturated carbocycles. The van der Waals surface area contributed by atoms with E-state index in [0.717, 1.165) is 11.3 Å². The van der Waals surface area contributed by atoms with E-state index in [1.165, 1.54) is 18.7 Å². The number of amides is 1. The van der Waals surface area contributed by atoms with Gasteiger partial charge in [-0.15, -0.1) is 0 Å². The van der Waals surface area contributed by atoms with Crippen LogP contribution in [0.4, 0.5) is 5.69 Å². The monoisotopic (exact) mass is 328 g/mol. The molecule has 1 aliphatic heterocycles. The Kier molecular flexibility index (Phi) is 4.07. The maximum atomic E-state index is 12.0. The number of hydrogen-bond acceptors (Lipinski definition) is 4. The summed E-state index contributed by atoms with van der Waals surface area (Å²) in [5.41, 5.74) is 1.81. The van der Waals surface area contributed by atoms with Gasteiger partial charge in [0.1, 0.15) is 4.60 Å². The quantitative estimate of drug-likeness (QED) is 0.783. The molecule has 1 amide bonds. The number of aryl methyl sites for hydroxylation is 1. The number of aromatic nitrogens is 1. The van der Waals surface area contributed by atoms with E-state index < -0.39 is 0 Å². The zero-order valence-electron chi connectivity index (χ0n) is 10.1. The van der Waals surface area contributed by atoms with Crippen molar-refractivity contribution in [3.05, 3.63) is 22.4 Å². The van der Waals surface area contributed by atoms with E-state index in [4.69, 9.17) is 0 Å². The second-order valence-electron chi connectivity index (χ2n) is 4.21. The SMILES string of the molecule is CC(=O)SC1CC(=O)N(c2c(C)ccnc2Br)C1. The molecule has 0 aromatic carbocycles. The van der Waals surface area contributed by atoms with E-state index in [2.05, 4.69) is 20.9 Å². The molecule has 0 N–H and O–H groups in total. The van der Waals surface area contributed by atoms with Gasteiger partial charge in [-0.25, -0.2) is 4.98 Å². The topological polar surface area (TPSA) is 50.3 Å². The van der Waals surface area contributed by atoms with E-state index in [9.17, 15) is 9.59 Å². The molecule has 0 radical (unpaired) electrons. The first kappa shape index (κ1) is 13.5. The number of carbonyl (C=O) groups excluding carboxylic acids is 2. The highest BCUT2D eigenvalue weighted by molar-refractivity contribution is 9.10. The molecule has 1 unspecified atom stereocenters. The second kappa shape index (κ2) is 5.40. The van der Waals surface area contributed by atoms with Crippen LogP contribution >= 0.6 is 27.7 Å². The van der Waals surface area contributed by atoms with Crippen LogP contribution in [0.5, 0.6) is 0 Å². The third-order valence-electron chi connectivity index (χ3n) is 2.77. The molecule has 0 bridgehead atoms. The molecule has 1 aromatic heterocycles. The van der Waals surface area contributed by atoms with Gasteiger partial charge in [-0.05, 0) is 34.5 Å². The van der Waals surface area contributed by atoms with Crippen molar-refractivity contribution in [3.8, 4) is 0 Å². The lowest BCUT2D eigenvalue weighted by Gasteiger charge is -2.19. The van der Waals surface area contributed by atoms with Crippen molar-refractivity contribution < 1.29 is 9.59 Å². The average Bonchev–Trinajstić information content (AvgIpc) is 2.58. The van der Waals surface area contributed by atoms with Crippen molar-refractivity contribution in [2.24, 2.45) is 0 Å². The normalized spacial score (nSPS) is 19.4. The molecular weight excluding hydrogens is 316 g/mol. The van der Waals surface area contributed by atoms with Crippen molar-refractivity contribution in [2.45, 2.75) is 25.5 Å². The highest BCUT2D eigenvalue weighted by Gasteiger charge is 2.33. The largest absolute Gasteiger partial charge is 0.308 e. The second-order valence-corrected chi connectivity index (χ2v) is 6.44.